The van der Waals surface area contributed by atoms with Crippen molar-refractivity contribution in [2.75, 3.05) is 0 Å². The van der Waals surface area contributed by atoms with E-state index in [-0.39, 0.29) is 10.9 Å². The number of aliphatic hydroxyl groups is 1. The van der Waals surface area contributed by atoms with Crippen LogP contribution in [0.4, 0.5) is 17.6 Å². The molecule has 2 aromatic heterocycles. The average molecular weight is 515 g/mol. The zero-order chi connectivity index (χ0) is 26.1. The van der Waals surface area contributed by atoms with Gasteiger partial charge in [-0.2, -0.15) is 19.1 Å². The predicted molar refractivity (Wildman–Crippen MR) is 122 cm³/mol. The molecule has 7 nitrogen and oxygen atoms in total. The largest absolute Gasteiger partial charge is 0.456 e. The van der Waals surface area contributed by atoms with Crippen LogP contribution in [-0.2, 0) is 18.1 Å². The van der Waals surface area contributed by atoms with E-state index < -0.39 is 41.0 Å². The zero-order valence-electron chi connectivity index (χ0n) is 18.5. The molecule has 0 amide bonds. The van der Waals surface area contributed by atoms with E-state index in [0.717, 1.165) is 35.4 Å². The molecule has 0 aliphatic rings. The normalized spacial score (nSPS) is 13.2. The van der Waals surface area contributed by atoms with Crippen LogP contribution in [0.15, 0.2) is 66.2 Å². The van der Waals surface area contributed by atoms with Crippen LogP contribution in [-0.4, -0.2) is 24.9 Å². The van der Waals surface area contributed by atoms with Crippen LogP contribution in [0, 0.1) is 29.9 Å². The van der Waals surface area contributed by atoms with Crippen molar-refractivity contribution in [2.24, 2.45) is 0 Å². The Morgan fingerprint density at radius 2 is 1.83 bits per heavy atom. The summed E-state index contributed by atoms with van der Waals surface area (Å²) in [7, 11) is 0. The van der Waals surface area contributed by atoms with Crippen LogP contribution in [0.1, 0.15) is 22.4 Å². The number of hydrogen-bond donors (Lipinski definition) is 2. The second-order valence-corrected chi connectivity index (χ2v) is 8.25. The van der Waals surface area contributed by atoms with E-state index in [4.69, 9.17) is 10.00 Å². The highest BCUT2D eigenvalue weighted by atomic mass is 32.1. The number of aromatic nitrogens is 4. The molecule has 1 atom stereocenters. The Labute approximate surface area is 208 Å². The summed E-state index contributed by atoms with van der Waals surface area (Å²) in [6.45, 7) is 0.750. The van der Waals surface area contributed by atoms with Crippen LogP contribution in [0.3, 0.4) is 0 Å². The molecule has 36 heavy (non-hydrogen) atoms. The molecular weight excluding hydrogens is 498 g/mol. The molecule has 0 radical (unpaired) electrons. The molecule has 4 aromatic rings. The lowest BCUT2D eigenvalue weighted by Crippen LogP contribution is -2.48. The maximum Gasteiger partial charge on any atom is 0.323 e. The number of pyridine rings is 1. The summed E-state index contributed by atoms with van der Waals surface area (Å²) in [4.78, 5) is 7.46. The number of aryl methyl sites for hydroxylation is 1. The number of thiol groups is 1. The fourth-order valence-electron chi connectivity index (χ4n) is 3.56. The zero-order valence-corrected chi connectivity index (χ0v) is 19.4. The number of rotatable bonds is 7. The van der Waals surface area contributed by atoms with Crippen LogP contribution in [0.5, 0.6) is 11.5 Å². The van der Waals surface area contributed by atoms with E-state index in [1.54, 1.807) is 19.1 Å². The molecule has 2 heterocycles. The third-order valence-electron chi connectivity index (χ3n) is 5.48. The second kappa shape index (κ2) is 9.60. The molecule has 0 saturated carbocycles. The quantitative estimate of drug-likeness (QED) is 0.269. The molecule has 4 rings (SSSR count). The van der Waals surface area contributed by atoms with Gasteiger partial charge >= 0.3 is 5.92 Å². The maximum atomic E-state index is 15.9. The maximum absolute atomic E-state index is 15.9. The lowest BCUT2D eigenvalue weighted by atomic mass is 9.84. The van der Waals surface area contributed by atoms with Crippen molar-refractivity contribution >= 4 is 12.6 Å². The Balaban J connectivity index is 1.71. The minimum absolute atomic E-state index is 0.101. The Bertz CT molecular complexity index is 1460. The summed E-state index contributed by atoms with van der Waals surface area (Å²) >= 11 is 4.01. The predicted octanol–water partition coefficient (Wildman–Crippen LogP) is 4.89. The molecule has 1 unspecified atom stereocenters. The lowest BCUT2D eigenvalue weighted by molar-refractivity contribution is -0.208. The van der Waals surface area contributed by atoms with Crippen molar-refractivity contribution in [3.63, 3.8) is 0 Å². The summed E-state index contributed by atoms with van der Waals surface area (Å²) < 4.78 is 66.3. The topological polar surface area (TPSA) is 96.8 Å². The number of alkyl halides is 2. The highest BCUT2D eigenvalue weighted by Gasteiger charge is 2.58. The van der Waals surface area contributed by atoms with Gasteiger partial charge < -0.3 is 9.84 Å². The standard InChI is InChI=1S/C24H17F4N5O2S/c1-14-8-17(4-2-15(14)10-29)35-18-5-7-21(30-11-18)24(27,28)23(34,12-33-22(36)31-13-32-33)19-6-3-16(25)9-20(19)26/h2-9,11,13,34H,12H2,1H3,(H,31,32,36). The van der Waals surface area contributed by atoms with E-state index in [1.807, 2.05) is 6.07 Å². The van der Waals surface area contributed by atoms with Crippen molar-refractivity contribution in [1.82, 2.24) is 19.7 Å². The lowest BCUT2D eigenvalue weighted by Gasteiger charge is -2.36. The molecule has 0 aliphatic heterocycles. The van der Waals surface area contributed by atoms with Gasteiger partial charge in [-0.15, -0.1) is 12.6 Å². The summed E-state index contributed by atoms with van der Waals surface area (Å²) in [5, 5.41) is 23.9. The smallest absolute Gasteiger partial charge is 0.323 e. The van der Waals surface area contributed by atoms with Crippen LogP contribution < -0.4 is 4.74 Å². The van der Waals surface area contributed by atoms with Gasteiger partial charge in [-0.25, -0.2) is 18.4 Å². The number of halogens is 4. The van der Waals surface area contributed by atoms with Gasteiger partial charge in [0.25, 0.3) is 0 Å². The first-order valence-electron chi connectivity index (χ1n) is 10.3. The molecule has 0 aliphatic carbocycles. The molecule has 2 aromatic carbocycles. The van der Waals surface area contributed by atoms with Crippen molar-refractivity contribution in [3.8, 4) is 17.6 Å². The first-order valence-corrected chi connectivity index (χ1v) is 10.8. The highest BCUT2D eigenvalue weighted by Crippen LogP contribution is 2.47. The van der Waals surface area contributed by atoms with Gasteiger partial charge in [-0.3, -0.25) is 4.98 Å². The SMILES string of the molecule is Cc1cc(Oc2ccc(C(F)(F)C(O)(Cn3ncnc3S)c3ccc(F)cc3F)nc2)ccc1C#N. The van der Waals surface area contributed by atoms with Crippen LogP contribution >= 0.6 is 12.6 Å². The van der Waals surface area contributed by atoms with Gasteiger partial charge in [-0.05, 0) is 55.0 Å². The molecule has 184 valence electrons. The van der Waals surface area contributed by atoms with Crippen LogP contribution in [0.25, 0.3) is 0 Å². The molecule has 0 fully saturated rings. The third kappa shape index (κ3) is 4.62. The minimum atomic E-state index is -4.19. The number of nitrogens with zero attached hydrogens (tertiary/aromatic N) is 5. The Morgan fingerprint density at radius 1 is 1.08 bits per heavy atom. The fourth-order valence-corrected chi connectivity index (χ4v) is 3.74. The van der Waals surface area contributed by atoms with Gasteiger partial charge in [0, 0.05) is 11.6 Å². The van der Waals surface area contributed by atoms with Gasteiger partial charge in [0.15, 0.2) is 10.8 Å². The summed E-state index contributed by atoms with van der Waals surface area (Å²) in [5.74, 6) is -6.12. The Kier molecular flexibility index (Phi) is 6.71. The number of benzene rings is 2. The van der Waals surface area contributed by atoms with Crippen LogP contribution in [0.2, 0.25) is 0 Å². The third-order valence-corrected chi connectivity index (χ3v) is 5.83. The number of ether oxygens (including phenoxy) is 1. The molecule has 12 heteroatoms. The van der Waals surface area contributed by atoms with Crippen molar-refractivity contribution in [3.05, 3.63) is 95.1 Å². The first-order chi connectivity index (χ1) is 17.0. The van der Waals surface area contributed by atoms with Gasteiger partial charge in [0.05, 0.1) is 24.4 Å². The van der Waals surface area contributed by atoms with E-state index in [0.29, 0.717) is 22.9 Å². The minimum Gasteiger partial charge on any atom is -0.456 e. The molecule has 1 N–H and O–H groups in total. The molecule has 0 bridgehead atoms. The van der Waals surface area contributed by atoms with E-state index in [1.165, 1.54) is 12.1 Å². The Morgan fingerprint density at radius 3 is 2.42 bits per heavy atom. The van der Waals surface area contributed by atoms with Gasteiger partial charge in [-0.1, -0.05) is 0 Å². The fraction of sp³-hybridized carbons (Fsp3) is 0.167. The first kappa shape index (κ1) is 25.2. The van der Waals surface area contributed by atoms with Crippen molar-refractivity contribution in [1.29, 1.82) is 5.26 Å². The monoisotopic (exact) mass is 515 g/mol. The van der Waals surface area contributed by atoms with E-state index >= 15 is 8.78 Å². The van der Waals surface area contributed by atoms with Crippen molar-refractivity contribution < 1.29 is 27.4 Å². The molecule has 0 spiro atoms. The van der Waals surface area contributed by atoms with Gasteiger partial charge in [0.2, 0.25) is 0 Å². The Hall–Kier alpha value is -3.95. The average Bonchev–Trinajstić information content (AvgIpc) is 3.23. The van der Waals surface area contributed by atoms with E-state index in [2.05, 4.69) is 27.7 Å². The summed E-state index contributed by atoms with van der Waals surface area (Å²) in [6.07, 6.45) is 2.04. The van der Waals surface area contributed by atoms with Crippen molar-refractivity contribution in [2.45, 2.75) is 30.1 Å². The van der Waals surface area contributed by atoms with Gasteiger partial charge in [0.1, 0.15) is 35.2 Å². The molecular formula is C24H17F4N5O2S. The summed E-state index contributed by atoms with van der Waals surface area (Å²) in [6, 6.07) is 10.7. The number of nitriles is 1. The molecule has 0 saturated heterocycles. The summed E-state index contributed by atoms with van der Waals surface area (Å²) in [5.41, 5.74) is -3.91. The highest BCUT2D eigenvalue weighted by molar-refractivity contribution is 7.80. The second-order valence-electron chi connectivity index (χ2n) is 7.85. The number of hydrogen-bond acceptors (Lipinski definition) is 7. The van der Waals surface area contributed by atoms with E-state index in [9.17, 15) is 13.9 Å².